The van der Waals surface area contributed by atoms with E-state index in [-0.39, 0.29) is 11.9 Å². The Bertz CT molecular complexity index is 401. The Morgan fingerprint density at radius 3 is 3.00 bits per heavy atom. The summed E-state index contributed by atoms with van der Waals surface area (Å²) in [6.07, 6.45) is 1.44. The fraction of sp³-hybridized carbons (Fsp3) is 0.500. The summed E-state index contributed by atoms with van der Waals surface area (Å²) >= 11 is 0. The number of benzene rings is 1. The van der Waals surface area contributed by atoms with Gasteiger partial charge in [0.1, 0.15) is 12.4 Å². The lowest BCUT2D eigenvalue weighted by Gasteiger charge is -2.26. The maximum atomic E-state index is 11.7. The van der Waals surface area contributed by atoms with E-state index in [1.807, 2.05) is 32.0 Å². The molecular formula is C14H19NO2. The molecule has 1 atom stereocenters. The van der Waals surface area contributed by atoms with Crippen molar-refractivity contribution in [3.05, 3.63) is 29.8 Å². The van der Waals surface area contributed by atoms with Crippen molar-refractivity contribution >= 4 is 5.91 Å². The van der Waals surface area contributed by atoms with Crippen LogP contribution in [-0.2, 0) is 11.2 Å². The van der Waals surface area contributed by atoms with Crippen LogP contribution in [0.15, 0.2) is 24.3 Å². The van der Waals surface area contributed by atoms with E-state index in [9.17, 15) is 4.79 Å². The first kappa shape index (κ1) is 12.0. The first-order chi connectivity index (χ1) is 8.15. The average molecular weight is 233 g/mol. The summed E-state index contributed by atoms with van der Waals surface area (Å²) in [5, 5.41) is 3.03. The molecule has 1 heterocycles. The molecule has 1 N–H and O–H groups in total. The largest absolute Gasteiger partial charge is 0.491 e. The van der Waals surface area contributed by atoms with Gasteiger partial charge in [-0.15, -0.1) is 0 Å². The van der Waals surface area contributed by atoms with E-state index in [4.69, 9.17) is 4.74 Å². The molecule has 0 unspecified atom stereocenters. The lowest BCUT2D eigenvalue weighted by atomic mass is 10.0. The molecule has 0 bridgehead atoms. The Labute approximate surface area is 102 Å². The number of ether oxygens (including phenoxy) is 1. The van der Waals surface area contributed by atoms with Crippen molar-refractivity contribution < 1.29 is 9.53 Å². The fourth-order valence-electron chi connectivity index (χ4n) is 2.08. The number of hydrogen-bond donors (Lipinski definition) is 1. The minimum absolute atomic E-state index is 0.108. The number of rotatable bonds is 3. The Morgan fingerprint density at radius 2 is 2.24 bits per heavy atom. The summed E-state index contributed by atoms with van der Waals surface area (Å²) in [5.74, 6) is 1.46. The number of para-hydroxylation sites is 1. The monoisotopic (exact) mass is 233 g/mol. The first-order valence-electron chi connectivity index (χ1n) is 6.15. The normalized spacial score (nSPS) is 18.4. The van der Waals surface area contributed by atoms with Gasteiger partial charge in [-0.1, -0.05) is 32.0 Å². The quantitative estimate of drug-likeness (QED) is 0.868. The molecule has 1 aromatic rings. The highest BCUT2D eigenvalue weighted by molar-refractivity contribution is 5.76. The zero-order valence-corrected chi connectivity index (χ0v) is 10.4. The molecule has 0 saturated heterocycles. The SMILES string of the molecule is CC(C)CC(=O)N[C@@H]1COc2ccccc2C1. The number of hydrogen-bond acceptors (Lipinski definition) is 2. The molecule has 1 aliphatic heterocycles. The predicted octanol–water partition coefficient (Wildman–Crippen LogP) is 2.15. The van der Waals surface area contributed by atoms with Gasteiger partial charge in [-0.3, -0.25) is 4.79 Å². The minimum atomic E-state index is 0.108. The number of nitrogens with one attached hydrogen (secondary N) is 1. The standard InChI is InChI=1S/C14H19NO2/c1-10(2)7-14(16)15-12-8-11-5-3-4-6-13(11)17-9-12/h3-6,10,12H,7-9H2,1-2H3,(H,15,16)/t12-/m0/s1. The van der Waals surface area contributed by atoms with E-state index < -0.39 is 0 Å². The molecule has 0 aliphatic carbocycles. The molecule has 1 amide bonds. The average Bonchev–Trinajstić information content (AvgIpc) is 2.27. The molecule has 1 aliphatic rings. The molecule has 0 spiro atoms. The minimum Gasteiger partial charge on any atom is -0.491 e. The third-order valence-electron chi connectivity index (χ3n) is 2.84. The Kier molecular flexibility index (Phi) is 3.67. The number of carbonyl (C=O) groups excluding carboxylic acids is 1. The van der Waals surface area contributed by atoms with E-state index >= 15 is 0 Å². The molecule has 0 aromatic heterocycles. The summed E-state index contributed by atoms with van der Waals surface area (Å²) in [4.78, 5) is 11.7. The predicted molar refractivity (Wildman–Crippen MR) is 67.0 cm³/mol. The Balaban J connectivity index is 1.92. The van der Waals surface area contributed by atoms with E-state index in [0.29, 0.717) is 18.9 Å². The van der Waals surface area contributed by atoms with Crippen LogP contribution in [0.5, 0.6) is 5.75 Å². The molecule has 92 valence electrons. The van der Waals surface area contributed by atoms with Crippen LogP contribution in [0.1, 0.15) is 25.8 Å². The van der Waals surface area contributed by atoms with Crippen LogP contribution in [0, 0.1) is 5.92 Å². The molecule has 3 nitrogen and oxygen atoms in total. The highest BCUT2D eigenvalue weighted by atomic mass is 16.5. The summed E-state index contributed by atoms with van der Waals surface area (Å²) in [7, 11) is 0. The van der Waals surface area contributed by atoms with Crippen LogP contribution in [0.2, 0.25) is 0 Å². The zero-order chi connectivity index (χ0) is 12.3. The van der Waals surface area contributed by atoms with Gasteiger partial charge in [0.15, 0.2) is 0 Å². The molecule has 1 aromatic carbocycles. The number of carbonyl (C=O) groups is 1. The lowest BCUT2D eigenvalue weighted by Crippen LogP contribution is -2.43. The van der Waals surface area contributed by atoms with Gasteiger partial charge in [-0.25, -0.2) is 0 Å². The third kappa shape index (κ3) is 3.22. The van der Waals surface area contributed by atoms with Crippen molar-refractivity contribution in [1.29, 1.82) is 0 Å². The van der Waals surface area contributed by atoms with Gasteiger partial charge in [0, 0.05) is 6.42 Å². The topological polar surface area (TPSA) is 38.3 Å². The highest BCUT2D eigenvalue weighted by Gasteiger charge is 2.20. The van der Waals surface area contributed by atoms with Gasteiger partial charge in [0.25, 0.3) is 0 Å². The molecule has 2 rings (SSSR count). The second-order valence-corrected chi connectivity index (χ2v) is 4.99. The second kappa shape index (κ2) is 5.21. The molecule has 3 heteroatoms. The molecule has 0 saturated carbocycles. The van der Waals surface area contributed by atoms with Gasteiger partial charge >= 0.3 is 0 Å². The second-order valence-electron chi connectivity index (χ2n) is 4.99. The van der Waals surface area contributed by atoms with Gasteiger partial charge in [0.05, 0.1) is 6.04 Å². The van der Waals surface area contributed by atoms with Crippen LogP contribution in [0.3, 0.4) is 0 Å². The van der Waals surface area contributed by atoms with E-state index in [1.165, 1.54) is 5.56 Å². The van der Waals surface area contributed by atoms with Crippen LogP contribution in [-0.4, -0.2) is 18.6 Å². The van der Waals surface area contributed by atoms with Gasteiger partial charge in [0.2, 0.25) is 5.91 Å². The van der Waals surface area contributed by atoms with Gasteiger partial charge in [-0.05, 0) is 24.0 Å². The first-order valence-corrected chi connectivity index (χ1v) is 6.15. The molecule has 0 fully saturated rings. The smallest absolute Gasteiger partial charge is 0.220 e. The van der Waals surface area contributed by atoms with Crippen molar-refractivity contribution in [2.75, 3.05) is 6.61 Å². The fourth-order valence-corrected chi connectivity index (χ4v) is 2.08. The highest BCUT2D eigenvalue weighted by Crippen LogP contribution is 2.23. The number of fused-ring (bicyclic) bond motifs is 1. The summed E-state index contributed by atoms with van der Waals surface area (Å²) in [6.45, 7) is 4.67. The van der Waals surface area contributed by atoms with Crippen molar-refractivity contribution in [3.8, 4) is 5.75 Å². The summed E-state index contributed by atoms with van der Waals surface area (Å²) < 4.78 is 5.63. The lowest BCUT2D eigenvalue weighted by molar-refractivity contribution is -0.122. The molecular weight excluding hydrogens is 214 g/mol. The van der Waals surface area contributed by atoms with Crippen molar-refractivity contribution in [2.45, 2.75) is 32.7 Å². The van der Waals surface area contributed by atoms with Crippen molar-refractivity contribution in [1.82, 2.24) is 5.32 Å². The number of amides is 1. The van der Waals surface area contributed by atoms with E-state index in [2.05, 4.69) is 11.4 Å². The van der Waals surface area contributed by atoms with Crippen LogP contribution < -0.4 is 10.1 Å². The van der Waals surface area contributed by atoms with Crippen LogP contribution >= 0.6 is 0 Å². The van der Waals surface area contributed by atoms with Gasteiger partial charge < -0.3 is 10.1 Å². The maximum absolute atomic E-state index is 11.7. The van der Waals surface area contributed by atoms with Crippen LogP contribution in [0.25, 0.3) is 0 Å². The Hall–Kier alpha value is -1.51. The molecule has 17 heavy (non-hydrogen) atoms. The summed E-state index contributed by atoms with van der Waals surface area (Å²) in [6, 6.07) is 8.10. The van der Waals surface area contributed by atoms with Crippen molar-refractivity contribution in [3.63, 3.8) is 0 Å². The molecule has 0 radical (unpaired) electrons. The zero-order valence-electron chi connectivity index (χ0n) is 10.4. The van der Waals surface area contributed by atoms with Gasteiger partial charge in [-0.2, -0.15) is 0 Å². The van der Waals surface area contributed by atoms with Crippen molar-refractivity contribution in [2.24, 2.45) is 5.92 Å². The summed E-state index contributed by atoms with van der Waals surface area (Å²) in [5.41, 5.74) is 1.17. The third-order valence-corrected chi connectivity index (χ3v) is 2.84. The maximum Gasteiger partial charge on any atom is 0.220 e. The van der Waals surface area contributed by atoms with E-state index in [1.54, 1.807) is 0 Å². The van der Waals surface area contributed by atoms with Crippen LogP contribution in [0.4, 0.5) is 0 Å². The Morgan fingerprint density at radius 1 is 1.47 bits per heavy atom. The van der Waals surface area contributed by atoms with E-state index in [0.717, 1.165) is 12.2 Å².